The molecule has 0 saturated heterocycles. The van der Waals surface area contributed by atoms with E-state index in [9.17, 15) is 9.18 Å². The molecule has 0 atom stereocenters. The summed E-state index contributed by atoms with van der Waals surface area (Å²) in [6, 6.07) is 5.90. The molecule has 1 aromatic carbocycles. The first-order valence-electron chi connectivity index (χ1n) is 6.07. The summed E-state index contributed by atoms with van der Waals surface area (Å²) in [6.07, 6.45) is 0. The van der Waals surface area contributed by atoms with Gasteiger partial charge in [0.2, 0.25) is 0 Å². The molecule has 0 aliphatic carbocycles. The van der Waals surface area contributed by atoms with Crippen LogP contribution in [0, 0.1) is 5.82 Å². The minimum absolute atomic E-state index is 0.208. The summed E-state index contributed by atoms with van der Waals surface area (Å²) < 4.78 is 16.4. The highest BCUT2D eigenvalue weighted by atomic mass is 19.1. The highest BCUT2D eigenvalue weighted by Crippen LogP contribution is 2.26. The Morgan fingerprint density at radius 1 is 1.26 bits per heavy atom. The third kappa shape index (κ3) is 2.16. The van der Waals surface area contributed by atoms with Crippen LogP contribution in [0.2, 0.25) is 0 Å². The minimum Gasteiger partial charge on any atom is -0.393 e. The van der Waals surface area contributed by atoms with Crippen molar-refractivity contribution in [2.75, 3.05) is 5.73 Å². The summed E-state index contributed by atoms with van der Waals surface area (Å²) in [5.41, 5.74) is 6.74. The number of benzene rings is 1. The van der Waals surface area contributed by atoms with Crippen molar-refractivity contribution < 1.29 is 4.39 Å². The third-order valence-electron chi connectivity index (χ3n) is 3.06. The van der Waals surface area contributed by atoms with E-state index in [1.165, 1.54) is 16.8 Å². The van der Waals surface area contributed by atoms with E-state index in [4.69, 9.17) is 5.73 Å². The SMILES string of the molecule is Cn1c(C(C)(C)C)c(N)c(=O)n1-c1cccc(F)c1. The molecule has 1 aromatic heterocycles. The molecular weight excluding hydrogens is 245 g/mol. The Balaban J connectivity index is 2.77. The predicted octanol–water partition coefficient (Wildman–Crippen LogP) is 2.19. The topological polar surface area (TPSA) is 52.9 Å². The van der Waals surface area contributed by atoms with Crippen LogP contribution in [0.25, 0.3) is 5.69 Å². The first-order chi connectivity index (χ1) is 8.73. The van der Waals surface area contributed by atoms with Crippen molar-refractivity contribution in [1.82, 2.24) is 9.36 Å². The zero-order valence-corrected chi connectivity index (χ0v) is 11.6. The lowest BCUT2D eigenvalue weighted by Gasteiger charge is -2.21. The lowest BCUT2D eigenvalue weighted by molar-refractivity contribution is 0.500. The van der Waals surface area contributed by atoms with Gasteiger partial charge >= 0.3 is 0 Å². The van der Waals surface area contributed by atoms with Gasteiger partial charge in [0.05, 0.1) is 11.4 Å². The predicted molar refractivity (Wildman–Crippen MR) is 74.1 cm³/mol. The van der Waals surface area contributed by atoms with E-state index < -0.39 is 0 Å². The van der Waals surface area contributed by atoms with Crippen molar-refractivity contribution in [2.24, 2.45) is 7.05 Å². The number of anilines is 1. The molecule has 1 heterocycles. The second kappa shape index (κ2) is 4.26. The van der Waals surface area contributed by atoms with Gasteiger partial charge in [0.25, 0.3) is 5.56 Å². The van der Waals surface area contributed by atoms with Crippen molar-refractivity contribution in [3.05, 3.63) is 46.1 Å². The molecule has 0 aliphatic rings. The Kier molecular flexibility index (Phi) is 3.00. The largest absolute Gasteiger partial charge is 0.393 e. The number of nitrogens with two attached hydrogens (primary N) is 1. The molecule has 5 heteroatoms. The number of aromatic nitrogens is 2. The average Bonchev–Trinajstić information content (AvgIpc) is 2.49. The number of halogens is 1. The number of rotatable bonds is 1. The molecular formula is C14H18FN3O. The van der Waals surface area contributed by atoms with Crippen LogP contribution in [0.15, 0.2) is 29.1 Å². The van der Waals surface area contributed by atoms with Crippen LogP contribution in [-0.2, 0) is 12.5 Å². The fourth-order valence-corrected chi connectivity index (χ4v) is 2.41. The average molecular weight is 263 g/mol. The Hall–Kier alpha value is -2.04. The van der Waals surface area contributed by atoms with Crippen LogP contribution in [0.3, 0.4) is 0 Å². The van der Waals surface area contributed by atoms with Gasteiger partial charge in [-0.15, -0.1) is 0 Å². The van der Waals surface area contributed by atoms with Crippen molar-refractivity contribution in [3.63, 3.8) is 0 Å². The van der Waals surface area contributed by atoms with Crippen LogP contribution in [-0.4, -0.2) is 9.36 Å². The second-order valence-electron chi connectivity index (χ2n) is 5.63. The first kappa shape index (κ1) is 13.4. The molecule has 0 saturated carbocycles. The monoisotopic (exact) mass is 263 g/mol. The van der Waals surface area contributed by atoms with E-state index in [-0.39, 0.29) is 22.5 Å². The van der Waals surface area contributed by atoms with Crippen molar-refractivity contribution >= 4 is 5.69 Å². The molecule has 0 radical (unpaired) electrons. The molecule has 0 spiro atoms. The third-order valence-corrected chi connectivity index (χ3v) is 3.06. The summed E-state index contributed by atoms with van der Waals surface area (Å²) in [6.45, 7) is 5.94. The van der Waals surface area contributed by atoms with Crippen LogP contribution in [0.4, 0.5) is 10.1 Å². The summed E-state index contributed by atoms with van der Waals surface area (Å²) in [4.78, 5) is 12.3. The molecule has 102 valence electrons. The minimum atomic E-state index is -0.388. The van der Waals surface area contributed by atoms with Gasteiger partial charge in [-0.2, -0.15) is 0 Å². The van der Waals surface area contributed by atoms with Gasteiger partial charge in [-0.25, -0.2) is 9.07 Å². The highest BCUT2D eigenvalue weighted by Gasteiger charge is 2.26. The Morgan fingerprint density at radius 3 is 2.37 bits per heavy atom. The molecule has 0 bridgehead atoms. The van der Waals surface area contributed by atoms with E-state index in [0.29, 0.717) is 5.69 Å². The van der Waals surface area contributed by atoms with E-state index in [2.05, 4.69) is 0 Å². The van der Waals surface area contributed by atoms with E-state index >= 15 is 0 Å². The van der Waals surface area contributed by atoms with Crippen molar-refractivity contribution in [3.8, 4) is 5.69 Å². The normalized spacial score (nSPS) is 11.8. The lowest BCUT2D eigenvalue weighted by Crippen LogP contribution is -2.22. The number of hydrogen-bond acceptors (Lipinski definition) is 2. The highest BCUT2D eigenvalue weighted by molar-refractivity contribution is 5.48. The first-order valence-corrected chi connectivity index (χ1v) is 6.07. The quantitative estimate of drug-likeness (QED) is 0.857. The Labute approximate surface area is 111 Å². The summed E-state index contributed by atoms with van der Waals surface area (Å²) >= 11 is 0. The van der Waals surface area contributed by atoms with Crippen LogP contribution in [0.1, 0.15) is 26.5 Å². The summed E-state index contributed by atoms with van der Waals surface area (Å²) in [7, 11) is 1.75. The fourth-order valence-electron chi connectivity index (χ4n) is 2.41. The van der Waals surface area contributed by atoms with E-state index in [1.54, 1.807) is 23.9 Å². The number of hydrogen-bond donors (Lipinski definition) is 1. The second-order valence-corrected chi connectivity index (χ2v) is 5.63. The molecule has 0 aliphatic heterocycles. The maximum absolute atomic E-state index is 13.3. The molecule has 19 heavy (non-hydrogen) atoms. The molecule has 2 rings (SSSR count). The van der Waals surface area contributed by atoms with Crippen LogP contribution < -0.4 is 11.3 Å². The van der Waals surface area contributed by atoms with E-state index in [1.807, 2.05) is 20.8 Å². The zero-order valence-electron chi connectivity index (χ0n) is 11.6. The van der Waals surface area contributed by atoms with Gasteiger partial charge in [0.1, 0.15) is 11.5 Å². The van der Waals surface area contributed by atoms with Gasteiger partial charge < -0.3 is 5.73 Å². The van der Waals surface area contributed by atoms with Crippen molar-refractivity contribution in [2.45, 2.75) is 26.2 Å². The standard InChI is InChI=1S/C14H18FN3O/c1-14(2,3)12-11(16)13(19)18(17(12)4)10-7-5-6-9(15)8-10/h5-8H,16H2,1-4H3. The Bertz CT molecular complexity index is 677. The molecule has 2 aromatic rings. The maximum Gasteiger partial charge on any atom is 0.294 e. The Morgan fingerprint density at radius 2 is 1.89 bits per heavy atom. The van der Waals surface area contributed by atoms with Gasteiger partial charge in [-0.05, 0) is 18.2 Å². The fraction of sp³-hybridized carbons (Fsp3) is 0.357. The van der Waals surface area contributed by atoms with Crippen molar-refractivity contribution in [1.29, 1.82) is 0 Å². The van der Waals surface area contributed by atoms with Gasteiger partial charge in [0.15, 0.2) is 0 Å². The lowest BCUT2D eigenvalue weighted by atomic mass is 9.91. The summed E-state index contributed by atoms with van der Waals surface area (Å²) in [5.74, 6) is -0.388. The number of nitrogen functional groups attached to an aromatic ring is 1. The summed E-state index contributed by atoms with van der Waals surface area (Å²) in [5, 5.41) is 0. The van der Waals surface area contributed by atoms with Gasteiger partial charge in [-0.1, -0.05) is 26.8 Å². The van der Waals surface area contributed by atoms with Gasteiger partial charge in [0, 0.05) is 12.5 Å². The molecule has 0 unspecified atom stereocenters. The molecule has 2 N–H and O–H groups in total. The van der Waals surface area contributed by atoms with Gasteiger partial charge in [-0.3, -0.25) is 9.48 Å². The van der Waals surface area contributed by atoms with E-state index in [0.717, 1.165) is 5.69 Å². The maximum atomic E-state index is 13.3. The smallest absolute Gasteiger partial charge is 0.294 e. The molecule has 0 fully saturated rings. The van der Waals surface area contributed by atoms with Crippen LogP contribution >= 0.6 is 0 Å². The van der Waals surface area contributed by atoms with Crippen LogP contribution in [0.5, 0.6) is 0 Å². The zero-order chi connectivity index (χ0) is 14.4. The number of nitrogens with zero attached hydrogens (tertiary/aromatic N) is 2. The molecule has 4 nitrogen and oxygen atoms in total. The molecule has 0 amide bonds.